The SMILES string of the molecule is COc1ccc(Nc2cc(C)nc([C@H]3CCCN(C(=O)CNC(C)=O)C3)c2)cc1. The molecule has 0 bridgehead atoms. The van der Waals surface area contributed by atoms with Gasteiger partial charge in [0.1, 0.15) is 5.75 Å². The Balaban J connectivity index is 1.71. The Morgan fingerprint density at radius 2 is 1.97 bits per heavy atom. The van der Waals surface area contributed by atoms with E-state index in [4.69, 9.17) is 9.72 Å². The van der Waals surface area contributed by atoms with E-state index in [1.54, 1.807) is 7.11 Å². The molecule has 1 aliphatic heterocycles. The summed E-state index contributed by atoms with van der Waals surface area (Å²) in [4.78, 5) is 30.0. The van der Waals surface area contributed by atoms with Gasteiger partial charge in [0, 0.05) is 48.7 Å². The minimum Gasteiger partial charge on any atom is -0.497 e. The van der Waals surface area contributed by atoms with Crippen LogP contribution >= 0.6 is 0 Å². The fourth-order valence-corrected chi connectivity index (χ4v) is 3.57. The quantitative estimate of drug-likeness (QED) is 0.784. The van der Waals surface area contributed by atoms with E-state index in [2.05, 4.69) is 16.7 Å². The Kier molecular flexibility index (Phi) is 6.69. The maximum absolute atomic E-state index is 12.4. The number of carbonyl (C=O) groups is 2. The Bertz CT molecular complexity index is 867. The highest BCUT2D eigenvalue weighted by molar-refractivity contribution is 5.83. The smallest absolute Gasteiger partial charge is 0.241 e. The molecular formula is C22H28N4O3. The number of anilines is 2. The third kappa shape index (κ3) is 5.70. The molecule has 7 heteroatoms. The Morgan fingerprint density at radius 3 is 2.66 bits per heavy atom. The topological polar surface area (TPSA) is 83.6 Å². The third-order valence-corrected chi connectivity index (χ3v) is 5.03. The number of piperidine rings is 1. The number of likely N-dealkylation sites (tertiary alicyclic amines) is 1. The number of benzene rings is 1. The van der Waals surface area contributed by atoms with E-state index >= 15 is 0 Å². The number of hydrogen-bond donors (Lipinski definition) is 2. The second-order valence-corrected chi connectivity index (χ2v) is 7.36. The molecule has 1 fully saturated rings. The number of aryl methyl sites for hydroxylation is 1. The minimum atomic E-state index is -0.193. The molecule has 0 saturated carbocycles. The number of amides is 2. The van der Waals surface area contributed by atoms with Crippen molar-refractivity contribution in [2.45, 2.75) is 32.6 Å². The number of rotatable bonds is 6. The van der Waals surface area contributed by atoms with Gasteiger partial charge in [0.15, 0.2) is 0 Å². The fraction of sp³-hybridized carbons (Fsp3) is 0.409. The Labute approximate surface area is 171 Å². The molecule has 0 radical (unpaired) electrons. The van der Waals surface area contributed by atoms with E-state index in [9.17, 15) is 9.59 Å². The third-order valence-electron chi connectivity index (χ3n) is 5.03. The molecule has 3 rings (SSSR count). The summed E-state index contributed by atoms with van der Waals surface area (Å²) in [5.74, 6) is 0.755. The van der Waals surface area contributed by atoms with Gasteiger partial charge >= 0.3 is 0 Å². The predicted octanol–water partition coefficient (Wildman–Crippen LogP) is 2.98. The average molecular weight is 396 g/mol. The van der Waals surface area contributed by atoms with Gasteiger partial charge in [-0.3, -0.25) is 14.6 Å². The van der Waals surface area contributed by atoms with Crippen molar-refractivity contribution in [3.63, 3.8) is 0 Å². The first-order chi connectivity index (χ1) is 13.9. The highest BCUT2D eigenvalue weighted by Crippen LogP contribution is 2.29. The molecule has 0 aliphatic carbocycles. The van der Waals surface area contributed by atoms with Crippen molar-refractivity contribution < 1.29 is 14.3 Å². The molecule has 1 aromatic heterocycles. The second-order valence-electron chi connectivity index (χ2n) is 7.36. The molecule has 154 valence electrons. The molecule has 2 amide bonds. The van der Waals surface area contributed by atoms with Crippen LogP contribution in [0.2, 0.25) is 0 Å². The molecular weight excluding hydrogens is 368 g/mol. The first kappa shape index (κ1) is 20.6. The lowest BCUT2D eigenvalue weighted by Crippen LogP contribution is -2.44. The maximum atomic E-state index is 12.4. The second kappa shape index (κ2) is 9.41. The van der Waals surface area contributed by atoms with Gasteiger partial charge < -0.3 is 20.3 Å². The van der Waals surface area contributed by atoms with Crippen LogP contribution in [0, 0.1) is 6.92 Å². The average Bonchev–Trinajstić information content (AvgIpc) is 2.72. The number of nitrogens with one attached hydrogen (secondary N) is 2. The zero-order valence-electron chi connectivity index (χ0n) is 17.2. The molecule has 0 unspecified atom stereocenters. The summed E-state index contributed by atoms with van der Waals surface area (Å²) in [6.07, 6.45) is 1.91. The van der Waals surface area contributed by atoms with E-state index in [0.717, 1.165) is 47.9 Å². The van der Waals surface area contributed by atoms with Crippen molar-refractivity contribution in [3.8, 4) is 5.75 Å². The number of hydrogen-bond acceptors (Lipinski definition) is 5. The van der Waals surface area contributed by atoms with E-state index < -0.39 is 0 Å². The number of methoxy groups -OCH3 is 1. The molecule has 2 aromatic rings. The summed E-state index contributed by atoms with van der Waals surface area (Å²) >= 11 is 0. The first-order valence-electron chi connectivity index (χ1n) is 9.86. The molecule has 1 atom stereocenters. The van der Waals surface area contributed by atoms with Gasteiger partial charge in [-0.1, -0.05) is 0 Å². The lowest BCUT2D eigenvalue weighted by Gasteiger charge is -2.33. The van der Waals surface area contributed by atoms with Crippen LogP contribution in [0.3, 0.4) is 0 Å². The van der Waals surface area contributed by atoms with Crippen LogP contribution in [0.15, 0.2) is 36.4 Å². The largest absolute Gasteiger partial charge is 0.497 e. The summed E-state index contributed by atoms with van der Waals surface area (Å²) in [6.45, 7) is 4.79. The molecule has 2 heterocycles. The highest BCUT2D eigenvalue weighted by Gasteiger charge is 2.26. The van der Waals surface area contributed by atoms with Gasteiger partial charge in [-0.15, -0.1) is 0 Å². The zero-order chi connectivity index (χ0) is 20.8. The minimum absolute atomic E-state index is 0.0471. The molecule has 1 saturated heterocycles. The number of pyridine rings is 1. The highest BCUT2D eigenvalue weighted by atomic mass is 16.5. The molecule has 0 spiro atoms. The van der Waals surface area contributed by atoms with Gasteiger partial charge in [-0.05, 0) is 56.2 Å². The number of ether oxygens (including phenoxy) is 1. The normalized spacial score (nSPS) is 16.2. The van der Waals surface area contributed by atoms with Crippen LogP contribution in [-0.2, 0) is 9.59 Å². The monoisotopic (exact) mass is 396 g/mol. The van der Waals surface area contributed by atoms with Gasteiger partial charge in [0.05, 0.1) is 13.7 Å². The molecule has 29 heavy (non-hydrogen) atoms. The number of carbonyl (C=O) groups excluding carboxylic acids is 2. The van der Waals surface area contributed by atoms with E-state index in [0.29, 0.717) is 6.54 Å². The van der Waals surface area contributed by atoms with Crippen molar-refractivity contribution in [3.05, 3.63) is 47.8 Å². The molecule has 2 N–H and O–H groups in total. The van der Waals surface area contributed by atoms with Crippen molar-refractivity contribution in [2.24, 2.45) is 0 Å². The van der Waals surface area contributed by atoms with Crippen molar-refractivity contribution in [1.29, 1.82) is 0 Å². The van der Waals surface area contributed by atoms with Crippen LogP contribution in [0.1, 0.15) is 37.1 Å². The van der Waals surface area contributed by atoms with Gasteiger partial charge in [0.2, 0.25) is 11.8 Å². The van der Waals surface area contributed by atoms with Crippen molar-refractivity contribution in [2.75, 3.05) is 32.1 Å². The standard InChI is InChI=1S/C22H28N4O3/c1-15-11-19(25-18-6-8-20(29-3)9-7-18)12-21(24-15)17-5-4-10-26(14-17)22(28)13-23-16(2)27/h6-9,11-12,17H,4-5,10,13-14H2,1-3H3,(H,23,27)(H,24,25)/t17-/m0/s1. The van der Waals surface area contributed by atoms with Gasteiger partial charge in [-0.25, -0.2) is 0 Å². The lowest BCUT2D eigenvalue weighted by atomic mass is 9.93. The van der Waals surface area contributed by atoms with Crippen LogP contribution < -0.4 is 15.4 Å². The predicted molar refractivity (Wildman–Crippen MR) is 112 cm³/mol. The van der Waals surface area contributed by atoms with E-state index in [1.165, 1.54) is 6.92 Å². The fourth-order valence-electron chi connectivity index (χ4n) is 3.57. The van der Waals surface area contributed by atoms with Crippen molar-refractivity contribution >= 4 is 23.2 Å². The molecule has 1 aromatic carbocycles. The summed E-state index contributed by atoms with van der Waals surface area (Å²) in [5, 5.41) is 6.00. The molecule has 1 aliphatic rings. The summed E-state index contributed by atoms with van der Waals surface area (Å²) in [5.41, 5.74) is 3.86. The Morgan fingerprint density at radius 1 is 1.21 bits per heavy atom. The summed E-state index contributed by atoms with van der Waals surface area (Å²) in [7, 11) is 1.65. The summed E-state index contributed by atoms with van der Waals surface area (Å²) in [6, 6.07) is 11.8. The van der Waals surface area contributed by atoms with Crippen LogP contribution in [0.5, 0.6) is 5.75 Å². The van der Waals surface area contributed by atoms with E-state index in [-0.39, 0.29) is 24.3 Å². The van der Waals surface area contributed by atoms with Gasteiger partial charge in [0.25, 0.3) is 0 Å². The Hall–Kier alpha value is -3.09. The van der Waals surface area contributed by atoms with Crippen LogP contribution in [-0.4, -0.2) is 48.4 Å². The zero-order valence-corrected chi connectivity index (χ0v) is 17.2. The van der Waals surface area contributed by atoms with Crippen LogP contribution in [0.4, 0.5) is 11.4 Å². The molecule has 7 nitrogen and oxygen atoms in total. The lowest BCUT2D eigenvalue weighted by molar-refractivity contribution is -0.133. The first-order valence-corrected chi connectivity index (χ1v) is 9.86. The van der Waals surface area contributed by atoms with E-state index in [1.807, 2.05) is 42.2 Å². The summed E-state index contributed by atoms with van der Waals surface area (Å²) < 4.78 is 5.20. The number of nitrogens with zero attached hydrogens (tertiary/aromatic N) is 2. The van der Waals surface area contributed by atoms with Crippen molar-refractivity contribution in [1.82, 2.24) is 15.2 Å². The van der Waals surface area contributed by atoms with Crippen LogP contribution in [0.25, 0.3) is 0 Å². The number of aromatic nitrogens is 1. The maximum Gasteiger partial charge on any atom is 0.241 e. The van der Waals surface area contributed by atoms with Gasteiger partial charge in [-0.2, -0.15) is 0 Å².